The predicted molar refractivity (Wildman–Crippen MR) is 152 cm³/mol. The Balaban J connectivity index is 2.07. The van der Waals surface area contributed by atoms with Gasteiger partial charge in [-0.3, -0.25) is 0 Å². The van der Waals surface area contributed by atoms with Crippen LogP contribution in [0.5, 0.6) is 0 Å². The molecule has 6 nitrogen and oxygen atoms in total. The average molecular weight is 512 g/mol. The molecule has 1 N–H and O–H groups in total. The van der Waals surface area contributed by atoms with E-state index < -0.39 is 0 Å². The number of nitrogens with zero attached hydrogens (tertiary/aromatic N) is 2. The van der Waals surface area contributed by atoms with Crippen molar-refractivity contribution in [2.45, 2.75) is 44.9 Å². The lowest BCUT2D eigenvalue weighted by atomic mass is 10.0. The van der Waals surface area contributed by atoms with E-state index in [2.05, 4.69) is 67.2 Å². The zero-order valence-corrected chi connectivity index (χ0v) is 23.6. The van der Waals surface area contributed by atoms with Crippen molar-refractivity contribution in [3.05, 3.63) is 77.2 Å². The van der Waals surface area contributed by atoms with E-state index in [-0.39, 0.29) is 5.97 Å². The summed E-state index contributed by atoms with van der Waals surface area (Å²) in [5, 5.41) is 0. The second-order valence-corrected chi connectivity index (χ2v) is 9.72. The molecule has 0 aliphatic carbocycles. The largest absolute Gasteiger partial charge is 0.500 e. The Morgan fingerprint density at radius 3 is 2.42 bits per heavy atom. The predicted octanol–water partition coefficient (Wildman–Crippen LogP) is 6.67. The highest BCUT2D eigenvalue weighted by atomic mass is 32.2. The van der Waals surface area contributed by atoms with Gasteiger partial charge in [-0.2, -0.15) is 0 Å². The van der Waals surface area contributed by atoms with E-state index in [1.165, 1.54) is 19.1 Å². The van der Waals surface area contributed by atoms with Crippen LogP contribution in [0.15, 0.2) is 65.4 Å². The maximum atomic E-state index is 12.4. The molecule has 0 radical (unpaired) electrons. The number of anilines is 1. The molecule has 0 saturated heterocycles. The molecule has 0 fully saturated rings. The van der Waals surface area contributed by atoms with Crippen molar-refractivity contribution in [3.8, 4) is 0 Å². The van der Waals surface area contributed by atoms with E-state index >= 15 is 0 Å². The molecule has 36 heavy (non-hydrogen) atoms. The Bertz CT molecular complexity index is 1070. The zero-order chi connectivity index (χ0) is 26.7. The van der Waals surface area contributed by atoms with Crippen molar-refractivity contribution in [2.24, 2.45) is 0 Å². The van der Waals surface area contributed by atoms with E-state index in [1.54, 1.807) is 7.11 Å². The maximum absolute atomic E-state index is 12.4. The van der Waals surface area contributed by atoms with Gasteiger partial charge in [-0.25, -0.2) is 4.79 Å². The highest BCUT2D eigenvalue weighted by molar-refractivity contribution is 8.00. The lowest BCUT2D eigenvalue weighted by molar-refractivity contribution is 0.0602. The number of benzene rings is 2. The van der Waals surface area contributed by atoms with Crippen LogP contribution < -0.4 is 4.72 Å². The van der Waals surface area contributed by atoms with Crippen LogP contribution in [-0.4, -0.2) is 57.2 Å². The molecule has 0 bridgehead atoms. The normalized spacial score (nSPS) is 11.4. The number of methoxy groups -OCH3 is 2. The van der Waals surface area contributed by atoms with Crippen LogP contribution in [-0.2, 0) is 15.9 Å². The van der Waals surface area contributed by atoms with Crippen molar-refractivity contribution >= 4 is 29.3 Å². The molecule has 196 valence electrons. The molecule has 0 aliphatic rings. The number of hydrogen-bond acceptors (Lipinski definition) is 7. The highest BCUT2D eigenvalue weighted by Gasteiger charge is 2.14. The van der Waals surface area contributed by atoms with E-state index in [0.29, 0.717) is 5.56 Å². The third-order valence-corrected chi connectivity index (χ3v) is 7.19. The van der Waals surface area contributed by atoms with Gasteiger partial charge in [0.2, 0.25) is 0 Å². The molecule has 0 saturated carbocycles. The standard InChI is InChI=1S/C29H41N3O3S/c1-9-10-12-24-15-16-28(27(19-24)29(33)35-8)30-36-26-14-11-13-25(20-26)22(3)32(6)18-17-31(5)21(2)23(4)34-7/h11,13-16,19-20,30H,3,9-10,12,17-18H2,1-2,4-8H3/b23-21-. The third kappa shape index (κ3) is 8.26. The Hall–Kier alpha value is -3.06. The number of nitrogens with one attached hydrogen (secondary N) is 1. The van der Waals surface area contributed by atoms with Crippen molar-refractivity contribution < 1.29 is 14.3 Å². The first-order chi connectivity index (χ1) is 17.2. The molecule has 0 aliphatic heterocycles. The molecular formula is C29H41N3O3S. The summed E-state index contributed by atoms with van der Waals surface area (Å²) in [6.45, 7) is 12.2. The summed E-state index contributed by atoms with van der Waals surface area (Å²) in [5.74, 6) is 0.582. The van der Waals surface area contributed by atoms with Crippen molar-refractivity contribution in [2.75, 3.05) is 46.1 Å². The number of carbonyl (C=O) groups excluding carboxylic acids is 1. The third-order valence-electron chi connectivity index (χ3n) is 6.37. The number of unbranched alkanes of at least 4 members (excludes halogenated alkanes) is 1. The van der Waals surface area contributed by atoms with E-state index in [9.17, 15) is 4.79 Å². The smallest absolute Gasteiger partial charge is 0.340 e. The number of aryl methyl sites for hydroxylation is 1. The number of allylic oxidation sites excluding steroid dienone is 2. The van der Waals surface area contributed by atoms with Gasteiger partial charge in [-0.1, -0.05) is 38.1 Å². The minimum atomic E-state index is -0.337. The summed E-state index contributed by atoms with van der Waals surface area (Å²) >= 11 is 1.46. The zero-order valence-electron chi connectivity index (χ0n) is 22.8. The first-order valence-corrected chi connectivity index (χ1v) is 13.1. The average Bonchev–Trinajstić information content (AvgIpc) is 2.91. The summed E-state index contributed by atoms with van der Waals surface area (Å²) in [4.78, 5) is 17.8. The Morgan fingerprint density at radius 1 is 1.03 bits per heavy atom. The number of rotatable bonds is 14. The SMILES string of the molecule is C=C(c1cccc(SNc2ccc(CCCC)cc2C(=O)OC)c1)N(C)CCN(C)/C(C)=C(/C)OC. The van der Waals surface area contributed by atoms with Crippen LogP contribution >= 0.6 is 11.9 Å². The number of hydrogen-bond donors (Lipinski definition) is 1. The fourth-order valence-electron chi connectivity index (χ4n) is 3.59. The van der Waals surface area contributed by atoms with Crippen LogP contribution in [0.3, 0.4) is 0 Å². The lowest BCUT2D eigenvalue weighted by Crippen LogP contribution is -2.29. The number of likely N-dealkylation sites (N-methyl/N-ethyl adjacent to an activating group) is 2. The maximum Gasteiger partial charge on any atom is 0.340 e. The van der Waals surface area contributed by atoms with Gasteiger partial charge in [0.25, 0.3) is 0 Å². The van der Waals surface area contributed by atoms with Gasteiger partial charge in [0.05, 0.1) is 25.5 Å². The molecule has 0 aromatic heterocycles. The monoisotopic (exact) mass is 511 g/mol. The van der Waals surface area contributed by atoms with Gasteiger partial charge in [0.1, 0.15) is 5.76 Å². The summed E-state index contributed by atoms with van der Waals surface area (Å²) in [7, 11) is 7.23. The van der Waals surface area contributed by atoms with E-state index in [1.807, 2.05) is 31.2 Å². The van der Waals surface area contributed by atoms with Crippen LogP contribution in [0.1, 0.15) is 55.1 Å². The number of ether oxygens (including phenoxy) is 2. The summed E-state index contributed by atoms with van der Waals surface area (Å²) < 4.78 is 13.7. The first-order valence-electron chi connectivity index (χ1n) is 12.3. The molecule has 7 heteroatoms. The van der Waals surface area contributed by atoms with Gasteiger partial charge >= 0.3 is 5.97 Å². The summed E-state index contributed by atoms with van der Waals surface area (Å²) in [6, 6.07) is 14.2. The molecule has 2 aromatic rings. The van der Waals surface area contributed by atoms with Crippen molar-refractivity contribution in [3.63, 3.8) is 0 Å². The summed E-state index contributed by atoms with van der Waals surface area (Å²) in [6.07, 6.45) is 3.15. The van der Waals surface area contributed by atoms with Gasteiger partial charge in [0, 0.05) is 43.5 Å². The molecule has 2 rings (SSSR count). The number of carbonyl (C=O) groups is 1. The Morgan fingerprint density at radius 2 is 1.75 bits per heavy atom. The Labute approximate surface area is 221 Å². The molecule has 0 heterocycles. The van der Waals surface area contributed by atoms with Crippen LogP contribution in [0, 0.1) is 0 Å². The first kappa shape index (κ1) is 29.2. The fourth-order valence-corrected chi connectivity index (χ4v) is 4.33. The van der Waals surface area contributed by atoms with Gasteiger partial charge < -0.3 is 24.0 Å². The van der Waals surface area contributed by atoms with E-state index in [0.717, 1.165) is 71.2 Å². The van der Waals surface area contributed by atoms with Crippen LogP contribution in [0.25, 0.3) is 5.70 Å². The lowest BCUT2D eigenvalue weighted by Gasteiger charge is -2.27. The second-order valence-electron chi connectivity index (χ2n) is 8.84. The van der Waals surface area contributed by atoms with Crippen LogP contribution in [0.2, 0.25) is 0 Å². The summed E-state index contributed by atoms with van der Waals surface area (Å²) in [5.41, 5.74) is 5.55. The molecule has 0 atom stereocenters. The van der Waals surface area contributed by atoms with Crippen molar-refractivity contribution in [1.29, 1.82) is 0 Å². The highest BCUT2D eigenvalue weighted by Crippen LogP contribution is 2.28. The van der Waals surface area contributed by atoms with Gasteiger partial charge in [-0.15, -0.1) is 0 Å². The van der Waals surface area contributed by atoms with Gasteiger partial charge in [-0.05, 0) is 74.0 Å². The quantitative estimate of drug-likeness (QED) is 0.173. The molecule has 2 aromatic carbocycles. The van der Waals surface area contributed by atoms with E-state index in [4.69, 9.17) is 9.47 Å². The molecular weight excluding hydrogens is 470 g/mol. The Kier molecular flexibility index (Phi) is 11.7. The van der Waals surface area contributed by atoms with Crippen molar-refractivity contribution in [1.82, 2.24) is 9.80 Å². The molecule has 0 spiro atoms. The minimum absolute atomic E-state index is 0.337. The molecule has 0 unspecified atom stereocenters. The fraction of sp³-hybridized carbons (Fsp3) is 0.414. The topological polar surface area (TPSA) is 54.0 Å². The molecule has 0 amide bonds. The second kappa shape index (κ2) is 14.5. The minimum Gasteiger partial charge on any atom is -0.500 e. The van der Waals surface area contributed by atoms with Crippen LogP contribution in [0.4, 0.5) is 5.69 Å². The number of esters is 1. The van der Waals surface area contributed by atoms with Gasteiger partial charge in [0.15, 0.2) is 0 Å².